The molecule has 1 unspecified atom stereocenters. The van der Waals surface area contributed by atoms with Crippen molar-refractivity contribution in [1.82, 2.24) is 20.6 Å². The number of aromatic nitrogens is 2. The molecule has 1 heterocycles. The minimum Gasteiger partial charge on any atom is -0.496 e. The van der Waals surface area contributed by atoms with Gasteiger partial charge in [0.15, 0.2) is 0 Å². The molecule has 34 heavy (non-hydrogen) atoms. The van der Waals surface area contributed by atoms with Gasteiger partial charge >= 0.3 is 0 Å². The molecule has 4 rings (SSSR count). The maximum Gasteiger partial charge on any atom is 0.251 e. The van der Waals surface area contributed by atoms with Crippen LogP contribution in [0.2, 0.25) is 0 Å². The van der Waals surface area contributed by atoms with Crippen LogP contribution in [0.1, 0.15) is 52.0 Å². The normalized spacial score (nSPS) is 13.6. The van der Waals surface area contributed by atoms with Crippen LogP contribution in [0.3, 0.4) is 0 Å². The van der Waals surface area contributed by atoms with Gasteiger partial charge in [0.25, 0.3) is 11.8 Å². The first kappa shape index (κ1) is 23.2. The summed E-state index contributed by atoms with van der Waals surface area (Å²) in [5.41, 5.74) is 3.88. The van der Waals surface area contributed by atoms with Gasteiger partial charge in [-0.15, -0.1) is 0 Å². The molecule has 2 amide bonds. The summed E-state index contributed by atoms with van der Waals surface area (Å²) >= 11 is 0. The van der Waals surface area contributed by atoms with Gasteiger partial charge < -0.3 is 20.7 Å². The first-order valence-electron chi connectivity index (χ1n) is 11.4. The van der Waals surface area contributed by atoms with Gasteiger partial charge in [-0.1, -0.05) is 25.1 Å². The number of nitrogens with zero attached hydrogens (tertiary/aromatic N) is 2. The molecule has 3 N–H and O–H groups in total. The van der Waals surface area contributed by atoms with Crippen molar-refractivity contribution in [1.29, 1.82) is 0 Å². The SMILES string of the molecule is CNC(=O)c1ccc(C(C)CNc2cc(-c3ccc(C(=O)NC4CC4)cc3)ncn2)c(OC)c1. The zero-order valence-corrected chi connectivity index (χ0v) is 19.6. The number of ether oxygens (including phenoxy) is 1. The lowest BCUT2D eigenvalue weighted by molar-refractivity contribution is 0.0947. The molecule has 1 aliphatic carbocycles. The number of benzene rings is 2. The second-order valence-corrected chi connectivity index (χ2v) is 8.43. The number of amides is 2. The number of methoxy groups -OCH3 is 1. The highest BCUT2D eigenvalue weighted by molar-refractivity contribution is 5.95. The Labute approximate surface area is 199 Å². The third-order valence-electron chi connectivity index (χ3n) is 5.87. The number of carbonyl (C=O) groups excluding carboxylic acids is 2. The highest BCUT2D eigenvalue weighted by atomic mass is 16.5. The van der Waals surface area contributed by atoms with Gasteiger partial charge in [0.05, 0.1) is 12.8 Å². The Morgan fingerprint density at radius 2 is 1.76 bits per heavy atom. The van der Waals surface area contributed by atoms with Gasteiger partial charge in [-0.2, -0.15) is 0 Å². The number of carbonyl (C=O) groups is 2. The molecule has 8 nitrogen and oxygen atoms in total. The molecule has 0 aliphatic heterocycles. The van der Waals surface area contributed by atoms with Crippen LogP contribution in [-0.4, -0.2) is 48.5 Å². The second kappa shape index (κ2) is 10.3. The zero-order valence-electron chi connectivity index (χ0n) is 19.6. The summed E-state index contributed by atoms with van der Waals surface area (Å²) < 4.78 is 5.52. The van der Waals surface area contributed by atoms with E-state index in [9.17, 15) is 9.59 Å². The van der Waals surface area contributed by atoms with Crippen molar-refractivity contribution in [2.75, 3.05) is 26.0 Å². The average molecular weight is 460 g/mol. The highest BCUT2D eigenvalue weighted by Crippen LogP contribution is 2.28. The average Bonchev–Trinajstić information content (AvgIpc) is 3.70. The van der Waals surface area contributed by atoms with Crippen LogP contribution in [0.5, 0.6) is 5.75 Å². The van der Waals surface area contributed by atoms with Gasteiger partial charge in [-0.3, -0.25) is 9.59 Å². The van der Waals surface area contributed by atoms with Crippen LogP contribution in [0.15, 0.2) is 54.9 Å². The lowest BCUT2D eigenvalue weighted by atomic mass is 9.98. The molecule has 1 aromatic heterocycles. The first-order chi connectivity index (χ1) is 16.5. The highest BCUT2D eigenvalue weighted by Gasteiger charge is 2.23. The molecule has 8 heteroatoms. The summed E-state index contributed by atoms with van der Waals surface area (Å²) in [5.74, 6) is 1.29. The predicted molar refractivity (Wildman–Crippen MR) is 131 cm³/mol. The summed E-state index contributed by atoms with van der Waals surface area (Å²) in [7, 11) is 3.20. The summed E-state index contributed by atoms with van der Waals surface area (Å²) in [6, 6.07) is 15.1. The molecule has 2 aromatic carbocycles. The van der Waals surface area contributed by atoms with E-state index < -0.39 is 0 Å². The van der Waals surface area contributed by atoms with Crippen LogP contribution < -0.4 is 20.7 Å². The number of hydrogen-bond donors (Lipinski definition) is 3. The van der Waals surface area contributed by atoms with Crippen molar-refractivity contribution in [2.45, 2.75) is 31.7 Å². The molecule has 3 aromatic rings. The molecule has 1 fully saturated rings. The van der Waals surface area contributed by atoms with Crippen molar-refractivity contribution >= 4 is 17.6 Å². The van der Waals surface area contributed by atoms with E-state index in [1.165, 1.54) is 6.33 Å². The quantitative estimate of drug-likeness (QED) is 0.451. The number of nitrogens with one attached hydrogen (secondary N) is 3. The monoisotopic (exact) mass is 459 g/mol. The standard InChI is InChI=1S/C26H29N5O3/c1-16(21-11-8-19(25(32)27-2)12-23(21)34-3)14-28-24-13-22(29-15-30-24)17-4-6-18(7-5-17)26(33)31-20-9-10-20/h4-8,11-13,15-16,20H,9-10,14H2,1-3H3,(H,27,32)(H,31,33)(H,28,29,30). The van der Waals surface area contributed by atoms with Gasteiger partial charge in [-0.05, 0) is 42.7 Å². The van der Waals surface area contributed by atoms with E-state index >= 15 is 0 Å². The summed E-state index contributed by atoms with van der Waals surface area (Å²) in [6.45, 7) is 2.70. The number of rotatable bonds is 9. The van der Waals surface area contributed by atoms with Crippen LogP contribution in [0, 0.1) is 0 Å². The summed E-state index contributed by atoms with van der Waals surface area (Å²) in [4.78, 5) is 32.8. The molecule has 0 radical (unpaired) electrons. The molecule has 1 atom stereocenters. The number of hydrogen-bond acceptors (Lipinski definition) is 6. The Hall–Kier alpha value is -3.94. The molecule has 1 aliphatic rings. The maximum atomic E-state index is 12.2. The van der Waals surface area contributed by atoms with Crippen LogP contribution >= 0.6 is 0 Å². The van der Waals surface area contributed by atoms with Gasteiger partial charge in [0.1, 0.15) is 17.9 Å². The van der Waals surface area contributed by atoms with E-state index in [-0.39, 0.29) is 17.7 Å². The lowest BCUT2D eigenvalue weighted by Gasteiger charge is -2.17. The minimum atomic E-state index is -0.152. The van der Waals surface area contributed by atoms with E-state index in [2.05, 4.69) is 32.8 Å². The third-order valence-corrected chi connectivity index (χ3v) is 5.87. The first-order valence-corrected chi connectivity index (χ1v) is 11.4. The Balaban J connectivity index is 1.41. The lowest BCUT2D eigenvalue weighted by Crippen LogP contribution is -2.25. The fraction of sp³-hybridized carbons (Fsp3) is 0.308. The van der Waals surface area contributed by atoms with Crippen molar-refractivity contribution in [3.8, 4) is 17.0 Å². The van der Waals surface area contributed by atoms with Gasteiger partial charge in [0.2, 0.25) is 0 Å². The molecular weight excluding hydrogens is 430 g/mol. The number of anilines is 1. The van der Waals surface area contributed by atoms with Crippen molar-refractivity contribution in [3.63, 3.8) is 0 Å². The second-order valence-electron chi connectivity index (χ2n) is 8.43. The fourth-order valence-corrected chi connectivity index (χ4v) is 3.67. The van der Waals surface area contributed by atoms with Gasteiger partial charge in [0, 0.05) is 48.3 Å². The Morgan fingerprint density at radius 1 is 1.03 bits per heavy atom. The smallest absolute Gasteiger partial charge is 0.251 e. The van der Waals surface area contributed by atoms with E-state index in [1.807, 2.05) is 36.4 Å². The third kappa shape index (κ3) is 5.51. The molecule has 0 saturated heterocycles. The zero-order chi connectivity index (χ0) is 24.1. The van der Waals surface area contributed by atoms with E-state index in [4.69, 9.17) is 4.74 Å². The molecule has 176 valence electrons. The topological polar surface area (TPSA) is 105 Å². The van der Waals surface area contributed by atoms with Crippen molar-refractivity contribution in [2.24, 2.45) is 0 Å². The van der Waals surface area contributed by atoms with E-state index in [0.29, 0.717) is 35.3 Å². The minimum absolute atomic E-state index is 0.0353. The fourth-order valence-electron chi connectivity index (χ4n) is 3.67. The Kier molecular flexibility index (Phi) is 7.06. The van der Waals surface area contributed by atoms with Crippen molar-refractivity contribution < 1.29 is 14.3 Å². The van der Waals surface area contributed by atoms with Gasteiger partial charge in [-0.25, -0.2) is 9.97 Å². The molecule has 0 spiro atoms. The van der Waals surface area contributed by atoms with E-state index in [0.717, 1.165) is 29.7 Å². The van der Waals surface area contributed by atoms with E-state index in [1.54, 1.807) is 26.3 Å². The van der Waals surface area contributed by atoms with Crippen LogP contribution in [0.25, 0.3) is 11.3 Å². The summed E-state index contributed by atoms with van der Waals surface area (Å²) in [5, 5.41) is 8.98. The molecule has 1 saturated carbocycles. The largest absolute Gasteiger partial charge is 0.496 e. The summed E-state index contributed by atoms with van der Waals surface area (Å²) in [6.07, 6.45) is 3.65. The van der Waals surface area contributed by atoms with Crippen LogP contribution in [-0.2, 0) is 0 Å². The Bertz CT molecular complexity index is 1180. The van der Waals surface area contributed by atoms with Crippen molar-refractivity contribution in [3.05, 3.63) is 71.5 Å². The van der Waals surface area contributed by atoms with Crippen LogP contribution in [0.4, 0.5) is 5.82 Å². The maximum absolute atomic E-state index is 12.2. The molecule has 0 bridgehead atoms. The molecular formula is C26H29N5O3. The predicted octanol–water partition coefficient (Wildman–Crippen LogP) is 3.62. The Morgan fingerprint density at radius 3 is 2.44 bits per heavy atom.